The zero-order chi connectivity index (χ0) is 19.3. The quantitative estimate of drug-likeness (QED) is 0.691. The summed E-state index contributed by atoms with van der Waals surface area (Å²) in [6, 6.07) is 2.86. The van der Waals surface area contributed by atoms with Gasteiger partial charge in [0.25, 0.3) is 5.91 Å². The maximum absolute atomic E-state index is 12.8. The molecule has 10 heteroatoms. The third-order valence-electron chi connectivity index (χ3n) is 4.04. The van der Waals surface area contributed by atoms with E-state index in [1.807, 2.05) is 0 Å². The molecule has 0 radical (unpaired) electrons. The number of morpholine rings is 1. The molecule has 1 aromatic rings. The SMILES string of the molecule is CCC(NC(=O)c1cc(S(=O)(=O)N2CCOCC2)ccc1OC)C(=O)O. The van der Waals surface area contributed by atoms with E-state index in [4.69, 9.17) is 14.6 Å². The molecule has 1 heterocycles. The maximum atomic E-state index is 12.8. The highest BCUT2D eigenvalue weighted by Crippen LogP contribution is 2.25. The van der Waals surface area contributed by atoms with Gasteiger partial charge in [0.05, 0.1) is 30.8 Å². The Bertz CT molecular complexity index is 773. The van der Waals surface area contributed by atoms with Gasteiger partial charge in [-0.25, -0.2) is 13.2 Å². The Kier molecular flexibility index (Phi) is 6.57. The minimum absolute atomic E-state index is 0.0402. The highest BCUT2D eigenvalue weighted by atomic mass is 32.2. The van der Waals surface area contributed by atoms with Crippen molar-refractivity contribution in [2.24, 2.45) is 0 Å². The van der Waals surface area contributed by atoms with E-state index in [-0.39, 0.29) is 35.7 Å². The summed E-state index contributed by atoms with van der Waals surface area (Å²) in [6.45, 7) is 2.69. The number of hydrogen-bond donors (Lipinski definition) is 2. The van der Waals surface area contributed by atoms with Crippen molar-refractivity contribution >= 4 is 21.9 Å². The minimum atomic E-state index is -3.79. The normalized spacial score (nSPS) is 16.7. The smallest absolute Gasteiger partial charge is 0.326 e. The first kappa shape index (κ1) is 20.1. The van der Waals surface area contributed by atoms with Crippen molar-refractivity contribution < 1.29 is 32.6 Å². The van der Waals surface area contributed by atoms with Crippen LogP contribution in [-0.2, 0) is 19.6 Å². The van der Waals surface area contributed by atoms with Gasteiger partial charge in [0.15, 0.2) is 0 Å². The second-order valence-electron chi connectivity index (χ2n) is 5.65. The zero-order valence-electron chi connectivity index (χ0n) is 14.6. The number of nitrogens with one attached hydrogen (secondary N) is 1. The lowest BCUT2D eigenvalue weighted by Crippen LogP contribution is -2.41. The molecule has 0 spiro atoms. The number of rotatable bonds is 7. The van der Waals surface area contributed by atoms with Crippen LogP contribution in [-0.4, -0.2) is 69.2 Å². The molecule has 1 unspecified atom stereocenters. The predicted molar refractivity (Wildman–Crippen MR) is 91.8 cm³/mol. The van der Waals surface area contributed by atoms with Gasteiger partial charge in [-0.15, -0.1) is 0 Å². The topological polar surface area (TPSA) is 122 Å². The third kappa shape index (κ3) is 4.32. The summed E-state index contributed by atoms with van der Waals surface area (Å²) in [5.74, 6) is -1.73. The number of carbonyl (C=O) groups is 2. The Hall–Kier alpha value is -2.17. The summed E-state index contributed by atoms with van der Waals surface area (Å²) >= 11 is 0. The van der Waals surface area contributed by atoms with Gasteiger partial charge in [0.2, 0.25) is 10.0 Å². The number of methoxy groups -OCH3 is 1. The average Bonchev–Trinajstić information content (AvgIpc) is 2.65. The Labute approximate surface area is 151 Å². The van der Waals surface area contributed by atoms with Crippen molar-refractivity contribution in [1.82, 2.24) is 9.62 Å². The van der Waals surface area contributed by atoms with E-state index < -0.39 is 27.9 Å². The maximum Gasteiger partial charge on any atom is 0.326 e. The van der Waals surface area contributed by atoms with Crippen LogP contribution in [0.2, 0.25) is 0 Å². The van der Waals surface area contributed by atoms with Gasteiger partial charge in [-0.2, -0.15) is 4.31 Å². The molecule has 26 heavy (non-hydrogen) atoms. The van der Waals surface area contributed by atoms with Crippen molar-refractivity contribution in [3.8, 4) is 5.75 Å². The molecule has 0 aliphatic carbocycles. The summed E-state index contributed by atoms with van der Waals surface area (Å²) in [5, 5.41) is 11.5. The molecule has 1 aliphatic rings. The molecule has 0 aromatic heterocycles. The molecular formula is C16H22N2O7S. The van der Waals surface area contributed by atoms with E-state index >= 15 is 0 Å². The summed E-state index contributed by atoms with van der Waals surface area (Å²) in [4.78, 5) is 23.5. The number of hydrogen-bond acceptors (Lipinski definition) is 6. The second-order valence-corrected chi connectivity index (χ2v) is 7.59. The predicted octanol–water partition coefficient (Wildman–Crippen LogP) is 0.309. The largest absolute Gasteiger partial charge is 0.496 e. The molecule has 1 fully saturated rings. The van der Waals surface area contributed by atoms with Crippen molar-refractivity contribution in [1.29, 1.82) is 0 Å². The molecule has 1 saturated heterocycles. The van der Waals surface area contributed by atoms with E-state index in [0.717, 1.165) is 0 Å². The van der Waals surface area contributed by atoms with Crippen molar-refractivity contribution in [3.05, 3.63) is 23.8 Å². The molecule has 0 saturated carbocycles. The number of amides is 1. The fourth-order valence-electron chi connectivity index (χ4n) is 2.54. The van der Waals surface area contributed by atoms with Gasteiger partial charge in [-0.3, -0.25) is 4.79 Å². The average molecular weight is 386 g/mol. The van der Waals surface area contributed by atoms with Crippen LogP contribution in [0.25, 0.3) is 0 Å². The van der Waals surface area contributed by atoms with Gasteiger partial charge < -0.3 is 19.9 Å². The molecule has 1 aromatic carbocycles. The van der Waals surface area contributed by atoms with E-state index in [9.17, 15) is 18.0 Å². The molecule has 1 atom stereocenters. The van der Waals surface area contributed by atoms with Crippen LogP contribution in [0.5, 0.6) is 5.75 Å². The number of carboxylic acid groups (broad SMARTS) is 1. The number of carboxylic acids is 1. The Morgan fingerprint density at radius 2 is 2.00 bits per heavy atom. The number of carbonyl (C=O) groups excluding carboxylic acids is 1. The standard InChI is InChI=1S/C16H22N2O7S/c1-3-13(16(20)21)17-15(19)12-10-11(4-5-14(12)24-2)26(22,23)18-6-8-25-9-7-18/h4-5,10,13H,3,6-9H2,1-2H3,(H,17,19)(H,20,21). The summed E-state index contributed by atoms with van der Waals surface area (Å²) in [7, 11) is -2.45. The number of aliphatic carboxylic acids is 1. The van der Waals surface area contributed by atoms with Gasteiger partial charge in [-0.1, -0.05) is 6.92 Å². The monoisotopic (exact) mass is 386 g/mol. The lowest BCUT2D eigenvalue weighted by atomic mass is 10.1. The summed E-state index contributed by atoms with van der Waals surface area (Å²) < 4.78 is 37.1. The third-order valence-corrected chi connectivity index (χ3v) is 5.93. The second kappa shape index (κ2) is 8.47. The molecule has 1 amide bonds. The van der Waals surface area contributed by atoms with Gasteiger partial charge in [0, 0.05) is 13.1 Å². The van der Waals surface area contributed by atoms with Crippen LogP contribution in [0.4, 0.5) is 0 Å². The fourth-order valence-corrected chi connectivity index (χ4v) is 3.97. The van der Waals surface area contributed by atoms with E-state index in [2.05, 4.69) is 5.32 Å². The first-order chi connectivity index (χ1) is 12.3. The zero-order valence-corrected chi connectivity index (χ0v) is 15.4. The van der Waals surface area contributed by atoms with E-state index in [1.165, 1.54) is 29.6 Å². The van der Waals surface area contributed by atoms with E-state index in [0.29, 0.717) is 13.2 Å². The molecule has 0 bridgehead atoms. The highest BCUT2D eigenvalue weighted by Gasteiger charge is 2.28. The fraction of sp³-hybridized carbons (Fsp3) is 0.500. The van der Waals surface area contributed by atoms with Crippen LogP contribution in [0.15, 0.2) is 23.1 Å². The summed E-state index contributed by atoms with van der Waals surface area (Å²) in [6.07, 6.45) is 0.190. The van der Waals surface area contributed by atoms with Crippen molar-refractivity contribution in [2.75, 3.05) is 33.4 Å². The number of ether oxygens (including phenoxy) is 2. The van der Waals surface area contributed by atoms with Gasteiger partial charge in [-0.05, 0) is 24.6 Å². The Morgan fingerprint density at radius 3 is 2.54 bits per heavy atom. The Morgan fingerprint density at radius 1 is 1.35 bits per heavy atom. The van der Waals surface area contributed by atoms with Crippen LogP contribution < -0.4 is 10.1 Å². The molecule has 1 aliphatic heterocycles. The lowest BCUT2D eigenvalue weighted by Gasteiger charge is -2.26. The molecule has 9 nitrogen and oxygen atoms in total. The molecular weight excluding hydrogens is 364 g/mol. The van der Waals surface area contributed by atoms with E-state index in [1.54, 1.807) is 6.92 Å². The van der Waals surface area contributed by atoms with Crippen LogP contribution >= 0.6 is 0 Å². The highest BCUT2D eigenvalue weighted by molar-refractivity contribution is 7.89. The van der Waals surface area contributed by atoms with Crippen LogP contribution in [0, 0.1) is 0 Å². The van der Waals surface area contributed by atoms with Crippen LogP contribution in [0.3, 0.4) is 0 Å². The molecule has 144 valence electrons. The van der Waals surface area contributed by atoms with Crippen molar-refractivity contribution in [3.63, 3.8) is 0 Å². The lowest BCUT2D eigenvalue weighted by molar-refractivity contribution is -0.139. The number of benzene rings is 1. The summed E-state index contributed by atoms with van der Waals surface area (Å²) in [5.41, 5.74) is -0.0402. The molecule has 2 N–H and O–H groups in total. The van der Waals surface area contributed by atoms with Crippen LogP contribution in [0.1, 0.15) is 23.7 Å². The first-order valence-electron chi connectivity index (χ1n) is 8.10. The van der Waals surface area contributed by atoms with Gasteiger partial charge in [0.1, 0.15) is 11.8 Å². The van der Waals surface area contributed by atoms with Crippen molar-refractivity contribution in [2.45, 2.75) is 24.3 Å². The number of nitrogens with zero attached hydrogens (tertiary/aromatic N) is 1. The van der Waals surface area contributed by atoms with Gasteiger partial charge >= 0.3 is 5.97 Å². The minimum Gasteiger partial charge on any atom is -0.496 e. The molecule has 2 rings (SSSR count). The Balaban J connectivity index is 2.36. The first-order valence-corrected chi connectivity index (χ1v) is 9.54. The number of sulfonamides is 1.